The third-order valence-electron chi connectivity index (χ3n) is 3.13. The first-order valence-corrected chi connectivity index (χ1v) is 7.11. The van der Waals surface area contributed by atoms with Gasteiger partial charge < -0.3 is 10.6 Å². The number of nitrogens with one attached hydrogen (secondary N) is 2. The molecule has 0 spiro atoms. The van der Waals surface area contributed by atoms with Crippen LogP contribution in [-0.2, 0) is 11.0 Å². The fourth-order valence-electron chi connectivity index (χ4n) is 1.92. The van der Waals surface area contributed by atoms with E-state index in [2.05, 4.69) is 10.6 Å². The van der Waals surface area contributed by atoms with Gasteiger partial charge in [0.05, 0.1) is 17.8 Å². The summed E-state index contributed by atoms with van der Waals surface area (Å²) in [5, 5.41) is 5.61. The Morgan fingerprint density at radius 1 is 1.17 bits per heavy atom. The highest BCUT2D eigenvalue weighted by atomic mass is 35.5. The van der Waals surface area contributed by atoms with Crippen molar-refractivity contribution in [2.24, 2.45) is 0 Å². The minimum Gasteiger partial charge on any atom is -0.376 e. The molecule has 0 fully saturated rings. The molecule has 23 heavy (non-hydrogen) atoms. The quantitative estimate of drug-likeness (QED) is 0.844. The lowest BCUT2D eigenvalue weighted by Gasteiger charge is -2.14. The average molecular weight is 343 g/mol. The van der Waals surface area contributed by atoms with E-state index in [1.165, 1.54) is 18.2 Å². The molecule has 2 aromatic rings. The van der Waals surface area contributed by atoms with E-state index in [0.29, 0.717) is 10.7 Å². The van der Waals surface area contributed by atoms with Crippen molar-refractivity contribution in [2.75, 3.05) is 17.2 Å². The Labute approximate surface area is 136 Å². The number of aryl methyl sites for hydroxylation is 1. The maximum absolute atomic E-state index is 12.9. The number of rotatable bonds is 4. The maximum atomic E-state index is 12.9. The second-order valence-electron chi connectivity index (χ2n) is 4.91. The summed E-state index contributed by atoms with van der Waals surface area (Å²) in [6.07, 6.45) is -4.53. The molecule has 1 amide bonds. The summed E-state index contributed by atoms with van der Waals surface area (Å²) in [7, 11) is 0. The summed E-state index contributed by atoms with van der Waals surface area (Å²) in [6, 6.07) is 9.99. The SMILES string of the molecule is Cc1ccc(NCC(=O)Nc2ccccc2C(F)(F)F)cc1Cl. The predicted octanol–water partition coefficient (Wildman–Crippen LogP) is 4.72. The van der Waals surface area contributed by atoms with Gasteiger partial charge in [-0.1, -0.05) is 29.8 Å². The molecule has 2 N–H and O–H groups in total. The van der Waals surface area contributed by atoms with Crippen LogP contribution in [0, 0.1) is 6.92 Å². The summed E-state index contributed by atoms with van der Waals surface area (Å²) in [5.74, 6) is -0.585. The molecule has 2 aromatic carbocycles. The minimum atomic E-state index is -4.53. The van der Waals surface area contributed by atoms with Crippen molar-refractivity contribution in [3.05, 3.63) is 58.6 Å². The topological polar surface area (TPSA) is 41.1 Å². The largest absolute Gasteiger partial charge is 0.418 e. The van der Waals surface area contributed by atoms with E-state index in [0.717, 1.165) is 11.6 Å². The van der Waals surface area contributed by atoms with Gasteiger partial charge in [-0.3, -0.25) is 4.79 Å². The lowest BCUT2D eigenvalue weighted by molar-refractivity contribution is -0.137. The van der Waals surface area contributed by atoms with Crippen molar-refractivity contribution >= 4 is 28.9 Å². The second kappa shape index (κ2) is 6.91. The number of halogens is 4. The van der Waals surface area contributed by atoms with Gasteiger partial charge in [0, 0.05) is 10.7 Å². The lowest BCUT2D eigenvalue weighted by atomic mass is 10.1. The van der Waals surface area contributed by atoms with Gasteiger partial charge in [-0.05, 0) is 36.8 Å². The van der Waals surface area contributed by atoms with Gasteiger partial charge in [0.15, 0.2) is 0 Å². The van der Waals surface area contributed by atoms with E-state index in [1.54, 1.807) is 18.2 Å². The number of amides is 1. The predicted molar refractivity (Wildman–Crippen MR) is 84.8 cm³/mol. The first-order valence-electron chi connectivity index (χ1n) is 6.73. The Bertz CT molecular complexity index is 717. The van der Waals surface area contributed by atoms with Crippen LogP contribution in [0.25, 0.3) is 0 Å². The highest BCUT2D eigenvalue weighted by Gasteiger charge is 2.33. The first kappa shape index (κ1) is 17.1. The number of para-hydroxylation sites is 1. The van der Waals surface area contributed by atoms with Crippen molar-refractivity contribution in [1.29, 1.82) is 0 Å². The Kier molecular flexibility index (Phi) is 5.15. The smallest absolute Gasteiger partial charge is 0.376 e. The van der Waals surface area contributed by atoms with Crippen LogP contribution in [0.3, 0.4) is 0 Å². The van der Waals surface area contributed by atoms with Gasteiger partial charge in [-0.15, -0.1) is 0 Å². The third kappa shape index (κ3) is 4.63. The molecule has 7 heteroatoms. The van der Waals surface area contributed by atoms with Crippen LogP contribution >= 0.6 is 11.6 Å². The van der Waals surface area contributed by atoms with Crippen LogP contribution in [0.15, 0.2) is 42.5 Å². The van der Waals surface area contributed by atoms with Gasteiger partial charge in [-0.25, -0.2) is 0 Å². The van der Waals surface area contributed by atoms with Gasteiger partial charge in [0.25, 0.3) is 0 Å². The molecule has 0 heterocycles. The molecule has 0 aliphatic heterocycles. The van der Waals surface area contributed by atoms with Crippen molar-refractivity contribution in [1.82, 2.24) is 0 Å². The van der Waals surface area contributed by atoms with E-state index >= 15 is 0 Å². The molecule has 0 saturated heterocycles. The Balaban J connectivity index is 2.02. The molecule has 0 radical (unpaired) electrons. The number of hydrogen-bond acceptors (Lipinski definition) is 2. The van der Waals surface area contributed by atoms with Crippen LogP contribution in [-0.4, -0.2) is 12.5 Å². The van der Waals surface area contributed by atoms with Crippen LogP contribution in [0.5, 0.6) is 0 Å². The zero-order valence-electron chi connectivity index (χ0n) is 12.2. The van der Waals surface area contributed by atoms with Crippen LogP contribution in [0.1, 0.15) is 11.1 Å². The maximum Gasteiger partial charge on any atom is 0.418 e. The molecule has 0 bridgehead atoms. The Morgan fingerprint density at radius 2 is 1.87 bits per heavy atom. The summed E-state index contributed by atoms with van der Waals surface area (Å²) in [4.78, 5) is 11.8. The minimum absolute atomic E-state index is 0.175. The highest BCUT2D eigenvalue weighted by Crippen LogP contribution is 2.34. The lowest BCUT2D eigenvalue weighted by Crippen LogP contribution is -2.23. The second-order valence-corrected chi connectivity index (χ2v) is 5.32. The molecule has 0 atom stereocenters. The molecule has 2 rings (SSSR count). The average Bonchev–Trinajstić information content (AvgIpc) is 2.48. The number of carbonyl (C=O) groups excluding carboxylic acids is 1. The van der Waals surface area contributed by atoms with Gasteiger partial charge in [0.2, 0.25) is 5.91 Å². The van der Waals surface area contributed by atoms with Crippen LogP contribution in [0.4, 0.5) is 24.5 Å². The summed E-state index contributed by atoms with van der Waals surface area (Å²) in [6.45, 7) is 1.67. The molecular formula is C16H14ClF3N2O. The third-order valence-corrected chi connectivity index (χ3v) is 3.54. The molecule has 0 saturated carbocycles. The monoisotopic (exact) mass is 342 g/mol. The summed E-state index contributed by atoms with van der Waals surface area (Å²) in [5.41, 5.74) is 0.348. The highest BCUT2D eigenvalue weighted by molar-refractivity contribution is 6.31. The molecule has 122 valence electrons. The van der Waals surface area contributed by atoms with E-state index in [-0.39, 0.29) is 12.2 Å². The number of carbonyl (C=O) groups is 1. The van der Waals surface area contributed by atoms with Crippen LogP contribution < -0.4 is 10.6 Å². The summed E-state index contributed by atoms with van der Waals surface area (Å²) < 4.78 is 38.6. The van der Waals surface area contributed by atoms with E-state index < -0.39 is 17.6 Å². The van der Waals surface area contributed by atoms with Crippen molar-refractivity contribution in [3.63, 3.8) is 0 Å². The summed E-state index contributed by atoms with van der Waals surface area (Å²) >= 11 is 5.96. The Hall–Kier alpha value is -2.21. The zero-order valence-corrected chi connectivity index (χ0v) is 12.9. The molecule has 3 nitrogen and oxygen atoms in total. The number of benzene rings is 2. The van der Waals surface area contributed by atoms with Gasteiger partial charge >= 0.3 is 6.18 Å². The molecule has 0 unspecified atom stereocenters. The fraction of sp³-hybridized carbons (Fsp3) is 0.188. The standard InChI is InChI=1S/C16H14ClF3N2O/c1-10-6-7-11(8-13(10)17)21-9-15(23)22-14-5-3-2-4-12(14)16(18,19)20/h2-8,21H,9H2,1H3,(H,22,23). The first-order chi connectivity index (χ1) is 10.8. The van der Waals surface area contributed by atoms with Gasteiger partial charge in [-0.2, -0.15) is 13.2 Å². The van der Waals surface area contributed by atoms with Crippen molar-refractivity contribution < 1.29 is 18.0 Å². The van der Waals surface area contributed by atoms with E-state index in [4.69, 9.17) is 11.6 Å². The number of alkyl halides is 3. The molecule has 0 aliphatic carbocycles. The zero-order chi connectivity index (χ0) is 17.0. The van der Waals surface area contributed by atoms with Crippen LogP contribution in [0.2, 0.25) is 5.02 Å². The number of hydrogen-bond donors (Lipinski definition) is 2. The van der Waals surface area contributed by atoms with Gasteiger partial charge in [0.1, 0.15) is 0 Å². The number of anilines is 2. The van der Waals surface area contributed by atoms with E-state index in [9.17, 15) is 18.0 Å². The fourth-order valence-corrected chi connectivity index (χ4v) is 2.10. The Morgan fingerprint density at radius 3 is 2.52 bits per heavy atom. The molecule has 0 aromatic heterocycles. The normalized spacial score (nSPS) is 11.2. The molecular weight excluding hydrogens is 329 g/mol. The van der Waals surface area contributed by atoms with Crippen molar-refractivity contribution in [3.8, 4) is 0 Å². The van der Waals surface area contributed by atoms with Crippen molar-refractivity contribution in [2.45, 2.75) is 13.1 Å². The molecule has 0 aliphatic rings. The van der Waals surface area contributed by atoms with E-state index in [1.807, 2.05) is 6.92 Å².